The third-order valence-corrected chi connectivity index (χ3v) is 4.54. The smallest absolute Gasteiger partial charge is 0.0317 e. The first-order valence-electron chi connectivity index (χ1n) is 7.12. The van der Waals surface area contributed by atoms with Crippen molar-refractivity contribution in [1.29, 1.82) is 0 Å². The Bertz CT molecular complexity index is 476. The molecule has 19 heavy (non-hydrogen) atoms. The third-order valence-electron chi connectivity index (χ3n) is 3.61. The minimum absolute atomic E-state index is 0.478. The largest absolute Gasteiger partial charge is 0.313 e. The summed E-state index contributed by atoms with van der Waals surface area (Å²) in [5.74, 6) is 0. The Hall–Kier alpha value is -1.12. The summed E-state index contributed by atoms with van der Waals surface area (Å²) in [6.45, 7) is 2.21. The molecular formula is C17H23NS. The quantitative estimate of drug-likeness (QED) is 0.777. The maximum Gasteiger partial charge on any atom is 0.0317 e. The molecule has 0 amide bonds. The normalized spacial score (nSPS) is 12.5. The second kappa shape index (κ2) is 7.46. The van der Waals surface area contributed by atoms with E-state index in [1.807, 2.05) is 11.3 Å². The van der Waals surface area contributed by atoms with Crippen LogP contribution in [0.5, 0.6) is 0 Å². The Morgan fingerprint density at radius 1 is 1.21 bits per heavy atom. The molecule has 1 unspecified atom stereocenters. The lowest BCUT2D eigenvalue weighted by Crippen LogP contribution is -2.16. The number of hydrogen-bond acceptors (Lipinski definition) is 2. The van der Waals surface area contributed by atoms with Crippen LogP contribution in [-0.4, -0.2) is 7.05 Å². The zero-order valence-corrected chi connectivity index (χ0v) is 12.7. The van der Waals surface area contributed by atoms with E-state index in [0.29, 0.717) is 6.04 Å². The van der Waals surface area contributed by atoms with Gasteiger partial charge in [-0.25, -0.2) is 0 Å². The van der Waals surface area contributed by atoms with Crippen LogP contribution in [0.1, 0.15) is 41.8 Å². The fraction of sp³-hybridized carbons (Fsp3) is 0.412. The molecule has 0 fully saturated rings. The van der Waals surface area contributed by atoms with Gasteiger partial charge in [-0.2, -0.15) is 0 Å². The molecule has 1 atom stereocenters. The van der Waals surface area contributed by atoms with E-state index in [9.17, 15) is 0 Å². The van der Waals surface area contributed by atoms with Crippen LogP contribution >= 0.6 is 11.3 Å². The molecule has 2 heteroatoms. The van der Waals surface area contributed by atoms with Gasteiger partial charge < -0.3 is 5.32 Å². The van der Waals surface area contributed by atoms with Crippen LogP contribution in [0.3, 0.4) is 0 Å². The van der Waals surface area contributed by atoms with Crippen LogP contribution in [0.15, 0.2) is 41.8 Å². The van der Waals surface area contributed by atoms with Crippen molar-refractivity contribution in [1.82, 2.24) is 5.32 Å². The molecule has 0 aliphatic rings. The highest BCUT2D eigenvalue weighted by atomic mass is 32.1. The lowest BCUT2D eigenvalue weighted by molar-refractivity contribution is 0.528. The molecule has 102 valence electrons. The summed E-state index contributed by atoms with van der Waals surface area (Å²) >= 11 is 1.86. The average molecular weight is 273 g/mol. The molecule has 0 saturated carbocycles. The molecule has 0 bridgehead atoms. The second-order valence-electron chi connectivity index (χ2n) is 4.91. The first-order chi connectivity index (χ1) is 9.33. The molecule has 0 aliphatic heterocycles. The number of aryl methyl sites for hydroxylation is 2. The van der Waals surface area contributed by atoms with Crippen LogP contribution in [0.2, 0.25) is 0 Å². The molecule has 2 rings (SSSR count). The zero-order chi connectivity index (χ0) is 13.5. The Morgan fingerprint density at radius 2 is 2.11 bits per heavy atom. The number of thiophene rings is 1. The summed E-state index contributed by atoms with van der Waals surface area (Å²) in [4.78, 5) is 1.50. The molecule has 0 saturated heterocycles. The predicted octanol–water partition coefficient (Wildman–Crippen LogP) is 4.59. The molecule has 1 aromatic carbocycles. The van der Waals surface area contributed by atoms with E-state index in [-0.39, 0.29) is 0 Å². The van der Waals surface area contributed by atoms with Crippen LogP contribution in [0.4, 0.5) is 0 Å². The first-order valence-corrected chi connectivity index (χ1v) is 8.00. The van der Waals surface area contributed by atoms with E-state index in [4.69, 9.17) is 0 Å². The van der Waals surface area contributed by atoms with Crippen molar-refractivity contribution < 1.29 is 0 Å². The second-order valence-corrected chi connectivity index (χ2v) is 5.94. The number of nitrogens with one attached hydrogen (secondary N) is 1. The predicted molar refractivity (Wildman–Crippen MR) is 84.9 cm³/mol. The number of hydrogen-bond donors (Lipinski definition) is 1. The van der Waals surface area contributed by atoms with E-state index in [0.717, 1.165) is 6.42 Å². The van der Waals surface area contributed by atoms with E-state index in [1.165, 1.54) is 35.3 Å². The van der Waals surface area contributed by atoms with E-state index in [2.05, 4.69) is 61.1 Å². The van der Waals surface area contributed by atoms with Gasteiger partial charge in [0.25, 0.3) is 0 Å². The molecule has 0 aliphatic carbocycles. The summed E-state index contributed by atoms with van der Waals surface area (Å²) in [6.07, 6.45) is 4.74. The fourth-order valence-corrected chi connectivity index (χ4v) is 3.19. The summed E-state index contributed by atoms with van der Waals surface area (Å²) in [5, 5.41) is 5.62. The van der Waals surface area contributed by atoms with Gasteiger partial charge in [-0.05, 0) is 55.3 Å². The Balaban J connectivity index is 1.91. The van der Waals surface area contributed by atoms with Gasteiger partial charge >= 0.3 is 0 Å². The first kappa shape index (κ1) is 14.3. The lowest BCUT2D eigenvalue weighted by Gasteiger charge is -2.17. The molecular weight excluding hydrogens is 250 g/mol. The molecule has 0 spiro atoms. The van der Waals surface area contributed by atoms with Crippen molar-refractivity contribution in [3.63, 3.8) is 0 Å². The minimum Gasteiger partial charge on any atom is -0.313 e. The summed E-state index contributed by atoms with van der Waals surface area (Å²) < 4.78 is 0. The Labute approximate surface area is 120 Å². The standard InChI is InChI=1S/C17H23NS/c1-3-14-7-4-8-15(13-14)17(18-2)11-5-9-16-10-6-12-19-16/h4,6-8,10,12-13,17-18H,3,5,9,11H2,1-2H3. The lowest BCUT2D eigenvalue weighted by atomic mass is 9.98. The van der Waals surface area contributed by atoms with E-state index >= 15 is 0 Å². The summed E-state index contributed by atoms with van der Waals surface area (Å²) in [6, 6.07) is 13.8. The van der Waals surface area contributed by atoms with Gasteiger partial charge in [0.1, 0.15) is 0 Å². The fourth-order valence-electron chi connectivity index (χ4n) is 2.44. The van der Waals surface area contributed by atoms with Crippen molar-refractivity contribution in [3.8, 4) is 0 Å². The van der Waals surface area contributed by atoms with Crippen molar-refractivity contribution >= 4 is 11.3 Å². The van der Waals surface area contributed by atoms with Gasteiger partial charge in [-0.15, -0.1) is 11.3 Å². The van der Waals surface area contributed by atoms with Crippen LogP contribution < -0.4 is 5.32 Å². The van der Waals surface area contributed by atoms with Crippen LogP contribution in [0.25, 0.3) is 0 Å². The highest BCUT2D eigenvalue weighted by Gasteiger charge is 2.09. The zero-order valence-electron chi connectivity index (χ0n) is 11.9. The van der Waals surface area contributed by atoms with Crippen LogP contribution in [-0.2, 0) is 12.8 Å². The summed E-state index contributed by atoms with van der Waals surface area (Å²) in [7, 11) is 2.06. The van der Waals surface area contributed by atoms with Gasteiger partial charge in [0, 0.05) is 10.9 Å². The van der Waals surface area contributed by atoms with Crippen molar-refractivity contribution in [2.24, 2.45) is 0 Å². The minimum atomic E-state index is 0.478. The van der Waals surface area contributed by atoms with Crippen LogP contribution in [0, 0.1) is 0 Å². The van der Waals surface area contributed by atoms with Gasteiger partial charge in [0.15, 0.2) is 0 Å². The molecule has 1 N–H and O–H groups in total. The third kappa shape index (κ3) is 4.19. The van der Waals surface area contributed by atoms with Gasteiger partial charge in [0.05, 0.1) is 0 Å². The molecule has 1 heterocycles. The molecule has 2 aromatic rings. The van der Waals surface area contributed by atoms with Gasteiger partial charge in [0.2, 0.25) is 0 Å². The Kier molecular flexibility index (Phi) is 5.62. The highest BCUT2D eigenvalue weighted by Crippen LogP contribution is 2.21. The molecule has 1 aromatic heterocycles. The van der Waals surface area contributed by atoms with Crippen molar-refractivity contribution in [2.45, 2.75) is 38.6 Å². The Morgan fingerprint density at radius 3 is 2.79 bits per heavy atom. The highest BCUT2D eigenvalue weighted by molar-refractivity contribution is 7.09. The molecule has 1 nitrogen and oxygen atoms in total. The molecule has 0 radical (unpaired) electrons. The monoisotopic (exact) mass is 273 g/mol. The maximum absolute atomic E-state index is 3.45. The van der Waals surface area contributed by atoms with E-state index in [1.54, 1.807) is 0 Å². The van der Waals surface area contributed by atoms with Gasteiger partial charge in [-0.3, -0.25) is 0 Å². The summed E-state index contributed by atoms with van der Waals surface area (Å²) in [5.41, 5.74) is 2.85. The number of rotatable bonds is 7. The van der Waals surface area contributed by atoms with Crippen molar-refractivity contribution in [3.05, 3.63) is 57.8 Å². The SMILES string of the molecule is CCc1cccc(C(CCCc2cccs2)NC)c1. The van der Waals surface area contributed by atoms with Crippen molar-refractivity contribution in [2.75, 3.05) is 7.05 Å². The topological polar surface area (TPSA) is 12.0 Å². The average Bonchev–Trinajstić information content (AvgIpc) is 2.97. The number of benzene rings is 1. The van der Waals surface area contributed by atoms with E-state index < -0.39 is 0 Å². The van der Waals surface area contributed by atoms with Gasteiger partial charge in [-0.1, -0.05) is 37.3 Å². The maximum atomic E-state index is 3.45.